The minimum absolute atomic E-state index is 0.0923. The van der Waals surface area contributed by atoms with Crippen LogP contribution in [-0.2, 0) is 6.42 Å². The number of hydrogen-bond acceptors (Lipinski definition) is 4. The zero-order valence-electron chi connectivity index (χ0n) is 8.12. The number of fused-ring (bicyclic) bond motifs is 1. The van der Waals surface area contributed by atoms with Crippen molar-refractivity contribution in [1.29, 1.82) is 0 Å². The van der Waals surface area contributed by atoms with E-state index in [1.165, 1.54) is 6.07 Å². The van der Waals surface area contributed by atoms with Crippen LogP contribution >= 0.6 is 11.6 Å². The second kappa shape index (κ2) is 3.62. The third-order valence-corrected chi connectivity index (χ3v) is 2.58. The van der Waals surface area contributed by atoms with Gasteiger partial charge in [0.25, 0.3) is 0 Å². The van der Waals surface area contributed by atoms with Crippen LogP contribution in [0.5, 0.6) is 11.5 Å². The summed E-state index contributed by atoms with van der Waals surface area (Å²) in [6, 6.07) is 1.31. The van der Waals surface area contributed by atoms with E-state index in [1.54, 1.807) is 0 Å². The Kier molecular flexibility index (Phi) is 2.44. The van der Waals surface area contributed by atoms with Crippen molar-refractivity contribution in [3.63, 3.8) is 0 Å². The van der Waals surface area contributed by atoms with E-state index in [0.29, 0.717) is 16.7 Å². The lowest BCUT2D eigenvalue weighted by Crippen LogP contribution is -1.84. The zero-order chi connectivity index (χ0) is 11.0. The van der Waals surface area contributed by atoms with Gasteiger partial charge in [0.2, 0.25) is 0 Å². The van der Waals surface area contributed by atoms with E-state index in [4.69, 9.17) is 16.1 Å². The van der Waals surface area contributed by atoms with E-state index in [0.717, 1.165) is 12.8 Å². The largest absolute Gasteiger partial charge is 0.504 e. The molecule has 0 saturated carbocycles. The van der Waals surface area contributed by atoms with Gasteiger partial charge in [0, 0.05) is 6.07 Å². The normalized spacial score (nSPS) is 11.1. The van der Waals surface area contributed by atoms with Crippen LogP contribution in [0.3, 0.4) is 0 Å². The quantitative estimate of drug-likeness (QED) is 0.775. The molecule has 1 heterocycles. The smallest absolute Gasteiger partial charge is 0.177 e. The third-order valence-electron chi connectivity index (χ3n) is 2.21. The SMILES string of the molecule is CCCc1noc2cc(O)c(O)c(Cl)c12. The first-order valence-corrected chi connectivity index (χ1v) is 5.01. The summed E-state index contributed by atoms with van der Waals surface area (Å²) in [5.41, 5.74) is 1.09. The van der Waals surface area contributed by atoms with Gasteiger partial charge in [-0.2, -0.15) is 0 Å². The first-order valence-electron chi connectivity index (χ1n) is 4.63. The molecule has 0 radical (unpaired) electrons. The van der Waals surface area contributed by atoms with Crippen LogP contribution in [0.2, 0.25) is 5.02 Å². The number of halogens is 1. The van der Waals surface area contributed by atoms with Gasteiger partial charge in [-0.05, 0) is 6.42 Å². The third kappa shape index (κ3) is 1.51. The number of aromatic nitrogens is 1. The summed E-state index contributed by atoms with van der Waals surface area (Å²) in [5, 5.41) is 23.3. The van der Waals surface area contributed by atoms with Gasteiger partial charge in [-0.3, -0.25) is 0 Å². The standard InChI is InChI=1S/C10H10ClNO3/c1-2-3-5-8-7(15-12-5)4-6(13)10(14)9(8)11/h4,13-14H,2-3H2,1H3. The summed E-state index contributed by atoms with van der Waals surface area (Å²) >= 11 is 5.90. The molecular weight excluding hydrogens is 218 g/mol. The molecule has 0 fully saturated rings. The molecule has 80 valence electrons. The van der Waals surface area contributed by atoms with Crippen molar-refractivity contribution < 1.29 is 14.7 Å². The molecule has 0 aliphatic rings. The maximum absolute atomic E-state index is 9.46. The first kappa shape index (κ1) is 10.1. The molecule has 1 aromatic carbocycles. The van der Waals surface area contributed by atoms with Gasteiger partial charge in [0.15, 0.2) is 17.1 Å². The van der Waals surface area contributed by atoms with Gasteiger partial charge in [-0.1, -0.05) is 30.1 Å². The molecule has 0 amide bonds. The second-order valence-corrected chi connectivity index (χ2v) is 3.69. The van der Waals surface area contributed by atoms with Crippen molar-refractivity contribution in [2.24, 2.45) is 0 Å². The molecule has 4 nitrogen and oxygen atoms in total. The van der Waals surface area contributed by atoms with E-state index in [-0.39, 0.29) is 16.5 Å². The van der Waals surface area contributed by atoms with Crippen LogP contribution < -0.4 is 0 Å². The minimum Gasteiger partial charge on any atom is -0.504 e. The molecular formula is C10H10ClNO3. The summed E-state index contributed by atoms with van der Waals surface area (Å²) in [7, 11) is 0. The molecule has 2 N–H and O–H groups in total. The van der Waals surface area contributed by atoms with Gasteiger partial charge in [0.05, 0.1) is 16.1 Å². The molecule has 2 rings (SSSR count). The van der Waals surface area contributed by atoms with Gasteiger partial charge in [-0.15, -0.1) is 0 Å². The molecule has 0 aliphatic heterocycles. The number of phenols is 2. The summed E-state index contributed by atoms with van der Waals surface area (Å²) < 4.78 is 5.01. The first-order chi connectivity index (χ1) is 7.15. The number of aromatic hydroxyl groups is 2. The average Bonchev–Trinajstić information content (AvgIpc) is 2.59. The number of nitrogens with zero attached hydrogens (tertiary/aromatic N) is 1. The van der Waals surface area contributed by atoms with E-state index in [2.05, 4.69) is 5.16 Å². The highest BCUT2D eigenvalue weighted by Crippen LogP contribution is 2.40. The molecule has 0 atom stereocenters. The Morgan fingerprint density at radius 2 is 2.20 bits per heavy atom. The van der Waals surface area contributed by atoms with Gasteiger partial charge >= 0.3 is 0 Å². The lowest BCUT2D eigenvalue weighted by molar-refractivity contribution is 0.402. The highest BCUT2D eigenvalue weighted by molar-refractivity contribution is 6.37. The highest BCUT2D eigenvalue weighted by Gasteiger charge is 2.17. The van der Waals surface area contributed by atoms with Gasteiger partial charge in [0.1, 0.15) is 0 Å². The molecule has 5 heteroatoms. The van der Waals surface area contributed by atoms with E-state index in [9.17, 15) is 10.2 Å². The average molecular weight is 228 g/mol. The molecule has 0 bridgehead atoms. The van der Waals surface area contributed by atoms with Crippen LogP contribution in [0.25, 0.3) is 11.0 Å². The lowest BCUT2D eigenvalue weighted by Gasteiger charge is -2.01. The summed E-state index contributed by atoms with van der Waals surface area (Å²) in [6.07, 6.45) is 1.62. The molecule has 0 spiro atoms. The Balaban J connectivity index is 2.74. The van der Waals surface area contributed by atoms with Gasteiger partial charge < -0.3 is 14.7 Å². The molecule has 0 aliphatic carbocycles. The Hall–Kier alpha value is -1.42. The number of benzene rings is 1. The second-order valence-electron chi connectivity index (χ2n) is 3.31. The predicted molar refractivity (Wildman–Crippen MR) is 56.3 cm³/mol. The number of rotatable bonds is 2. The van der Waals surface area contributed by atoms with E-state index < -0.39 is 0 Å². The topological polar surface area (TPSA) is 66.5 Å². The Labute approximate surface area is 91.1 Å². The van der Waals surface area contributed by atoms with Crippen molar-refractivity contribution in [1.82, 2.24) is 5.16 Å². The minimum atomic E-state index is -0.329. The van der Waals surface area contributed by atoms with Crippen molar-refractivity contribution >= 4 is 22.6 Å². The van der Waals surface area contributed by atoms with E-state index in [1.807, 2.05) is 6.92 Å². The fourth-order valence-corrected chi connectivity index (χ4v) is 1.80. The molecule has 0 saturated heterocycles. The molecule has 1 aromatic heterocycles. The predicted octanol–water partition coefficient (Wildman–Crippen LogP) is 2.84. The van der Waals surface area contributed by atoms with Crippen LogP contribution in [-0.4, -0.2) is 15.4 Å². The maximum Gasteiger partial charge on any atom is 0.177 e. The fourth-order valence-electron chi connectivity index (χ4n) is 1.50. The summed E-state index contributed by atoms with van der Waals surface area (Å²) in [5.74, 6) is -0.628. The van der Waals surface area contributed by atoms with Crippen LogP contribution in [0.1, 0.15) is 19.0 Å². The Bertz CT molecular complexity index is 507. The van der Waals surface area contributed by atoms with Crippen LogP contribution in [0.4, 0.5) is 0 Å². The lowest BCUT2D eigenvalue weighted by atomic mass is 10.1. The molecule has 0 unspecified atom stereocenters. The summed E-state index contributed by atoms with van der Waals surface area (Å²) in [6.45, 7) is 2.01. The highest BCUT2D eigenvalue weighted by atomic mass is 35.5. The fraction of sp³-hybridized carbons (Fsp3) is 0.300. The van der Waals surface area contributed by atoms with Gasteiger partial charge in [-0.25, -0.2) is 0 Å². The van der Waals surface area contributed by atoms with Crippen molar-refractivity contribution in [2.45, 2.75) is 19.8 Å². The van der Waals surface area contributed by atoms with Crippen LogP contribution in [0, 0.1) is 0 Å². The van der Waals surface area contributed by atoms with Crippen molar-refractivity contribution in [3.8, 4) is 11.5 Å². The van der Waals surface area contributed by atoms with Crippen molar-refractivity contribution in [3.05, 3.63) is 16.8 Å². The van der Waals surface area contributed by atoms with E-state index >= 15 is 0 Å². The Morgan fingerprint density at radius 3 is 2.87 bits per heavy atom. The number of hydrogen-bond donors (Lipinski definition) is 2. The monoisotopic (exact) mass is 227 g/mol. The number of phenolic OH excluding ortho intramolecular Hbond substituents is 2. The Morgan fingerprint density at radius 1 is 1.47 bits per heavy atom. The summed E-state index contributed by atoms with van der Waals surface area (Å²) in [4.78, 5) is 0. The molecule has 15 heavy (non-hydrogen) atoms. The maximum atomic E-state index is 9.46. The number of aryl methyl sites for hydroxylation is 1. The zero-order valence-corrected chi connectivity index (χ0v) is 8.88. The molecule has 2 aromatic rings. The van der Waals surface area contributed by atoms with Crippen LogP contribution in [0.15, 0.2) is 10.6 Å². The van der Waals surface area contributed by atoms with Crippen molar-refractivity contribution in [2.75, 3.05) is 0 Å².